The zero-order valence-electron chi connectivity index (χ0n) is 9.47. The van der Waals surface area contributed by atoms with Gasteiger partial charge in [-0.25, -0.2) is 5.43 Å². The molecule has 90 valence electrons. The van der Waals surface area contributed by atoms with Gasteiger partial charge >= 0.3 is 0 Å². The van der Waals surface area contributed by atoms with Crippen molar-refractivity contribution in [2.24, 2.45) is 5.84 Å². The molecule has 6 heteroatoms. The first-order valence-corrected chi connectivity index (χ1v) is 6.14. The summed E-state index contributed by atoms with van der Waals surface area (Å²) in [5.74, 6) is 5.61. The molecule has 0 fully saturated rings. The predicted molar refractivity (Wildman–Crippen MR) is 69.0 cm³/mol. The van der Waals surface area contributed by atoms with Crippen molar-refractivity contribution in [1.29, 1.82) is 0 Å². The molecule has 2 aromatic rings. The van der Waals surface area contributed by atoms with Crippen LogP contribution in [0, 0.1) is 0 Å². The molecule has 0 amide bonds. The van der Waals surface area contributed by atoms with Crippen molar-refractivity contribution >= 4 is 15.9 Å². The lowest BCUT2D eigenvalue weighted by molar-refractivity contribution is 0.535. The molecule has 0 saturated carbocycles. The number of hydrogen-bond acceptors (Lipinski definition) is 4. The van der Waals surface area contributed by atoms with Crippen LogP contribution in [-0.4, -0.2) is 14.8 Å². The second kappa shape index (κ2) is 5.39. The fraction of sp³-hybridized carbons (Fsp3) is 0.273. The van der Waals surface area contributed by atoms with Gasteiger partial charge in [0.15, 0.2) is 0 Å². The summed E-state index contributed by atoms with van der Waals surface area (Å²) in [7, 11) is 0. The standard InChI is InChI=1S/C11H14BrN5/c1-2-17-10(5-6-15-17)11(16-13)9-4-3-8(12)7-14-9/h3-7,11,16H,2,13H2,1H3. The van der Waals surface area contributed by atoms with Crippen LogP contribution in [0.25, 0.3) is 0 Å². The Bertz CT molecular complexity index is 479. The van der Waals surface area contributed by atoms with Crippen molar-refractivity contribution in [2.45, 2.75) is 19.5 Å². The maximum Gasteiger partial charge on any atom is 0.105 e. The molecule has 0 aliphatic carbocycles. The topological polar surface area (TPSA) is 68.8 Å². The largest absolute Gasteiger partial charge is 0.270 e. The molecule has 0 radical (unpaired) electrons. The highest BCUT2D eigenvalue weighted by atomic mass is 79.9. The molecule has 2 aromatic heterocycles. The van der Waals surface area contributed by atoms with Gasteiger partial charge in [-0.2, -0.15) is 5.10 Å². The van der Waals surface area contributed by atoms with Gasteiger partial charge in [-0.1, -0.05) is 0 Å². The summed E-state index contributed by atoms with van der Waals surface area (Å²) in [5, 5.41) is 4.23. The van der Waals surface area contributed by atoms with Gasteiger partial charge in [0.05, 0.1) is 11.4 Å². The Morgan fingerprint density at radius 2 is 2.29 bits per heavy atom. The summed E-state index contributed by atoms with van der Waals surface area (Å²) < 4.78 is 2.84. The van der Waals surface area contributed by atoms with E-state index in [-0.39, 0.29) is 6.04 Å². The average molecular weight is 296 g/mol. The number of halogens is 1. The monoisotopic (exact) mass is 295 g/mol. The number of rotatable bonds is 4. The molecule has 17 heavy (non-hydrogen) atoms. The molecule has 0 aromatic carbocycles. The average Bonchev–Trinajstić information content (AvgIpc) is 2.81. The highest BCUT2D eigenvalue weighted by molar-refractivity contribution is 9.10. The highest BCUT2D eigenvalue weighted by Gasteiger charge is 2.17. The number of pyridine rings is 1. The van der Waals surface area contributed by atoms with E-state index in [0.717, 1.165) is 22.4 Å². The van der Waals surface area contributed by atoms with Gasteiger partial charge in [-0.3, -0.25) is 15.5 Å². The van der Waals surface area contributed by atoms with Crippen molar-refractivity contribution in [3.05, 3.63) is 46.5 Å². The molecule has 2 heterocycles. The summed E-state index contributed by atoms with van der Waals surface area (Å²) in [5.41, 5.74) is 4.65. The molecule has 0 spiro atoms. The molecule has 1 atom stereocenters. The van der Waals surface area contributed by atoms with E-state index in [1.165, 1.54) is 0 Å². The molecule has 0 aliphatic heterocycles. The molecular weight excluding hydrogens is 282 g/mol. The lowest BCUT2D eigenvalue weighted by Gasteiger charge is -2.16. The number of nitrogens with two attached hydrogens (primary N) is 1. The Hall–Kier alpha value is -1.24. The first-order chi connectivity index (χ1) is 8.26. The number of aromatic nitrogens is 3. The van der Waals surface area contributed by atoms with E-state index in [2.05, 4.69) is 31.4 Å². The summed E-state index contributed by atoms with van der Waals surface area (Å²) in [4.78, 5) is 4.35. The minimum atomic E-state index is -0.148. The minimum absolute atomic E-state index is 0.148. The SMILES string of the molecule is CCn1nccc1C(NN)c1ccc(Br)cn1. The quantitative estimate of drug-likeness (QED) is 0.664. The van der Waals surface area contributed by atoms with Crippen LogP contribution in [0.3, 0.4) is 0 Å². The Balaban J connectivity index is 2.36. The maximum absolute atomic E-state index is 5.61. The lowest BCUT2D eigenvalue weighted by Crippen LogP contribution is -2.31. The van der Waals surface area contributed by atoms with Crippen LogP contribution >= 0.6 is 15.9 Å². The number of hydrogen-bond donors (Lipinski definition) is 2. The molecule has 2 rings (SSSR count). The molecule has 5 nitrogen and oxygen atoms in total. The minimum Gasteiger partial charge on any atom is -0.270 e. The van der Waals surface area contributed by atoms with Gasteiger partial charge in [0.2, 0.25) is 0 Å². The zero-order valence-corrected chi connectivity index (χ0v) is 11.1. The van der Waals surface area contributed by atoms with Crippen molar-refractivity contribution in [3.63, 3.8) is 0 Å². The molecular formula is C11H14BrN5. The van der Waals surface area contributed by atoms with Gasteiger partial charge in [-0.15, -0.1) is 0 Å². The van der Waals surface area contributed by atoms with E-state index in [9.17, 15) is 0 Å². The van der Waals surface area contributed by atoms with Crippen molar-refractivity contribution in [2.75, 3.05) is 0 Å². The van der Waals surface area contributed by atoms with Gasteiger partial charge in [0.1, 0.15) is 6.04 Å². The van der Waals surface area contributed by atoms with Crippen LogP contribution < -0.4 is 11.3 Å². The molecule has 0 aliphatic rings. The van der Waals surface area contributed by atoms with E-state index >= 15 is 0 Å². The first-order valence-electron chi connectivity index (χ1n) is 5.35. The van der Waals surface area contributed by atoms with E-state index in [1.807, 2.05) is 29.8 Å². The van der Waals surface area contributed by atoms with Crippen LogP contribution in [0.15, 0.2) is 35.1 Å². The van der Waals surface area contributed by atoms with E-state index in [0.29, 0.717) is 0 Å². The van der Waals surface area contributed by atoms with Crippen molar-refractivity contribution < 1.29 is 0 Å². The Labute approximate surface area is 108 Å². The van der Waals surface area contributed by atoms with Crippen LogP contribution in [0.1, 0.15) is 24.4 Å². The molecule has 0 saturated heterocycles. The van der Waals surface area contributed by atoms with Crippen molar-refractivity contribution in [1.82, 2.24) is 20.2 Å². The Kier molecular flexibility index (Phi) is 3.88. The summed E-state index contributed by atoms with van der Waals surface area (Å²) in [6, 6.07) is 5.67. The fourth-order valence-electron chi connectivity index (χ4n) is 1.73. The van der Waals surface area contributed by atoms with Gasteiger partial charge in [-0.05, 0) is 41.1 Å². The Morgan fingerprint density at radius 1 is 1.47 bits per heavy atom. The second-order valence-electron chi connectivity index (χ2n) is 3.57. The maximum atomic E-state index is 5.61. The molecule has 1 unspecified atom stereocenters. The Morgan fingerprint density at radius 3 is 2.88 bits per heavy atom. The predicted octanol–water partition coefficient (Wildman–Crippen LogP) is 1.61. The van der Waals surface area contributed by atoms with Crippen LogP contribution in [-0.2, 0) is 6.54 Å². The summed E-state index contributed by atoms with van der Waals surface area (Å²) in [6.45, 7) is 2.84. The van der Waals surface area contributed by atoms with E-state index in [4.69, 9.17) is 5.84 Å². The van der Waals surface area contributed by atoms with Gasteiger partial charge in [0, 0.05) is 23.4 Å². The molecule has 0 bridgehead atoms. The second-order valence-corrected chi connectivity index (χ2v) is 4.49. The molecule has 3 N–H and O–H groups in total. The van der Waals surface area contributed by atoms with Gasteiger partial charge < -0.3 is 0 Å². The number of aryl methyl sites for hydroxylation is 1. The first kappa shape index (κ1) is 12.2. The van der Waals surface area contributed by atoms with Crippen LogP contribution in [0.2, 0.25) is 0 Å². The number of nitrogens with zero attached hydrogens (tertiary/aromatic N) is 3. The van der Waals surface area contributed by atoms with E-state index < -0.39 is 0 Å². The summed E-state index contributed by atoms with van der Waals surface area (Å²) >= 11 is 3.36. The normalized spacial score (nSPS) is 12.6. The highest BCUT2D eigenvalue weighted by Crippen LogP contribution is 2.20. The van der Waals surface area contributed by atoms with Crippen LogP contribution in [0.4, 0.5) is 0 Å². The fourth-order valence-corrected chi connectivity index (χ4v) is 1.97. The number of nitrogens with one attached hydrogen (secondary N) is 1. The third-order valence-corrected chi connectivity index (χ3v) is 3.03. The van der Waals surface area contributed by atoms with Crippen LogP contribution in [0.5, 0.6) is 0 Å². The lowest BCUT2D eigenvalue weighted by atomic mass is 10.1. The summed E-state index contributed by atoms with van der Waals surface area (Å²) in [6.07, 6.45) is 3.52. The third-order valence-electron chi connectivity index (χ3n) is 2.56. The number of hydrazine groups is 1. The third kappa shape index (κ3) is 2.54. The zero-order chi connectivity index (χ0) is 12.3. The van der Waals surface area contributed by atoms with E-state index in [1.54, 1.807) is 12.4 Å². The van der Waals surface area contributed by atoms with Crippen molar-refractivity contribution in [3.8, 4) is 0 Å². The smallest absolute Gasteiger partial charge is 0.105 e. The van der Waals surface area contributed by atoms with Gasteiger partial charge in [0.25, 0.3) is 0 Å².